The molecule has 5 nitrogen and oxygen atoms in total. The van der Waals surface area contributed by atoms with E-state index >= 15 is 0 Å². The van der Waals surface area contributed by atoms with E-state index in [1.165, 1.54) is 4.90 Å². The first-order chi connectivity index (χ1) is 9.52. The van der Waals surface area contributed by atoms with Crippen LogP contribution in [0.25, 0.3) is 0 Å². The molecule has 0 saturated carbocycles. The smallest absolute Gasteiger partial charge is 0.333 e. The second kappa shape index (κ2) is 5.69. The summed E-state index contributed by atoms with van der Waals surface area (Å²) in [5.41, 5.74) is 1.18. The van der Waals surface area contributed by atoms with E-state index < -0.39 is 5.97 Å². The number of esters is 1. The third kappa shape index (κ3) is 2.61. The van der Waals surface area contributed by atoms with Crippen LogP contribution in [-0.4, -0.2) is 35.8 Å². The number of amides is 2. The van der Waals surface area contributed by atoms with Crippen LogP contribution in [0.1, 0.15) is 34.1 Å². The van der Waals surface area contributed by atoms with Gasteiger partial charge in [0.25, 0.3) is 11.8 Å². The first-order valence-corrected chi connectivity index (χ1v) is 6.30. The van der Waals surface area contributed by atoms with Crippen molar-refractivity contribution in [3.05, 3.63) is 47.5 Å². The van der Waals surface area contributed by atoms with E-state index in [1.54, 1.807) is 31.2 Å². The predicted molar refractivity (Wildman–Crippen MR) is 72.2 cm³/mol. The Balaban J connectivity index is 1.90. The summed E-state index contributed by atoms with van der Waals surface area (Å²) in [5.74, 6) is -1.05. The number of imide groups is 1. The highest BCUT2D eigenvalue weighted by Gasteiger charge is 2.34. The lowest BCUT2D eigenvalue weighted by Crippen LogP contribution is -2.31. The van der Waals surface area contributed by atoms with Crippen LogP contribution in [0.5, 0.6) is 0 Å². The van der Waals surface area contributed by atoms with E-state index in [0.29, 0.717) is 23.1 Å². The Morgan fingerprint density at radius 1 is 1.20 bits per heavy atom. The molecule has 0 radical (unpaired) electrons. The van der Waals surface area contributed by atoms with Gasteiger partial charge in [0.1, 0.15) is 0 Å². The van der Waals surface area contributed by atoms with Gasteiger partial charge in [0, 0.05) is 12.1 Å². The molecule has 1 aromatic carbocycles. The first kappa shape index (κ1) is 14.0. The van der Waals surface area contributed by atoms with E-state index in [2.05, 4.69) is 6.58 Å². The van der Waals surface area contributed by atoms with Crippen molar-refractivity contribution in [1.82, 2.24) is 4.90 Å². The van der Waals surface area contributed by atoms with E-state index in [0.717, 1.165) is 0 Å². The zero-order valence-corrected chi connectivity index (χ0v) is 11.2. The van der Waals surface area contributed by atoms with Crippen molar-refractivity contribution in [2.45, 2.75) is 13.3 Å². The van der Waals surface area contributed by atoms with Crippen molar-refractivity contribution in [1.29, 1.82) is 0 Å². The van der Waals surface area contributed by atoms with Crippen LogP contribution in [0.2, 0.25) is 0 Å². The zero-order chi connectivity index (χ0) is 14.7. The highest BCUT2D eigenvalue weighted by atomic mass is 16.5. The minimum atomic E-state index is -0.465. The molecule has 0 unspecified atom stereocenters. The number of rotatable bonds is 5. The average molecular weight is 273 g/mol. The fourth-order valence-corrected chi connectivity index (χ4v) is 1.95. The molecule has 0 bridgehead atoms. The Labute approximate surface area is 116 Å². The van der Waals surface area contributed by atoms with E-state index in [-0.39, 0.29) is 25.0 Å². The molecule has 5 heteroatoms. The standard InChI is InChI=1S/C15H15NO4/c1-10(2)15(19)20-9-5-8-16-13(17)11-6-3-4-7-12(11)14(16)18/h3-4,6-7H,1,5,8-9H2,2H3. The lowest BCUT2D eigenvalue weighted by atomic mass is 10.1. The Morgan fingerprint density at radius 2 is 1.75 bits per heavy atom. The summed E-state index contributed by atoms with van der Waals surface area (Å²) in [5, 5.41) is 0. The number of hydrogen-bond donors (Lipinski definition) is 0. The highest BCUT2D eigenvalue weighted by Crippen LogP contribution is 2.22. The third-order valence-corrected chi connectivity index (χ3v) is 2.99. The predicted octanol–water partition coefficient (Wildman–Crippen LogP) is 1.79. The third-order valence-electron chi connectivity index (χ3n) is 2.99. The van der Waals surface area contributed by atoms with Gasteiger partial charge in [0.2, 0.25) is 0 Å². The summed E-state index contributed by atoms with van der Waals surface area (Å²) in [7, 11) is 0. The number of nitrogens with zero attached hydrogens (tertiary/aromatic N) is 1. The van der Waals surface area contributed by atoms with Crippen molar-refractivity contribution < 1.29 is 19.1 Å². The number of carbonyl (C=O) groups is 3. The molecule has 0 fully saturated rings. The molecular formula is C15H15NO4. The molecule has 0 atom stereocenters. The first-order valence-electron chi connectivity index (χ1n) is 6.30. The van der Waals surface area contributed by atoms with Crippen LogP contribution >= 0.6 is 0 Å². The Morgan fingerprint density at radius 3 is 2.25 bits per heavy atom. The minimum Gasteiger partial charge on any atom is -0.462 e. The maximum atomic E-state index is 12.0. The fourth-order valence-electron chi connectivity index (χ4n) is 1.95. The van der Waals surface area contributed by atoms with Crippen molar-refractivity contribution in [3.63, 3.8) is 0 Å². The molecule has 1 aromatic rings. The molecule has 0 aliphatic carbocycles. The largest absolute Gasteiger partial charge is 0.462 e. The van der Waals surface area contributed by atoms with E-state index in [9.17, 15) is 14.4 Å². The second-order valence-corrected chi connectivity index (χ2v) is 4.58. The van der Waals surface area contributed by atoms with Gasteiger partial charge in [-0.15, -0.1) is 0 Å². The topological polar surface area (TPSA) is 63.7 Å². The van der Waals surface area contributed by atoms with Crippen LogP contribution in [0.15, 0.2) is 36.4 Å². The van der Waals surface area contributed by atoms with Gasteiger partial charge >= 0.3 is 5.97 Å². The SMILES string of the molecule is C=C(C)C(=O)OCCCN1C(=O)c2ccccc2C1=O. The highest BCUT2D eigenvalue weighted by molar-refractivity contribution is 6.21. The van der Waals surface area contributed by atoms with Gasteiger partial charge in [-0.05, 0) is 25.5 Å². The van der Waals surface area contributed by atoms with Gasteiger partial charge in [-0.3, -0.25) is 14.5 Å². The number of ether oxygens (including phenoxy) is 1. The molecule has 0 saturated heterocycles. The Kier molecular flexibility index (Phi) is 3.98. The summed E-state index contributed by atoms with van der Waals surface area (Å²) >= 11 is 0. The zero-order valence-electron chi connectivity index (χ0n) is 11.2. The van der Waals surface area contributed by atoms with Crippen molar-refractivity contribution in [2.24, 2.45) is 0 Å². The number of benzene rings is 1. The lowest BCUT2D eigenvalue weighted by Gasteiger charge is -2.13. The van der Waals surface area contributed by atoms with Crippen molar-refractivity contribution in [3.8, 4) is 0 Å². The quantitative estimate of drug-likeness (QED) is 0.355. The Hall–Kier alpha value is -2.43. The summed E-state index contributed by atoms with van der Waals surface area (Å²) in [4.78, 5) is 36.4. The number of carbonyl (C=O) groups excluding carboxylic acids is 3. The maximum Gasteiger partial charge on any atom is 0.333 e. The molecule has 0 spiro atoms. The monoisotopic (exact) mass is 273 g/mol. The molecule has 104 valence electrons. The summed E-state index contributed by atoms with van der Waals surface area (Å²) < 4.78 is 4.92. The van der Waals surface area contributed by atoms with Crippen LogP contribution in [-0.2, 0) is 9.53 Å². The number of hydrogen-bond acceptors (Lipinski definition) is 4. The molecule has 0 N–H and O–H groups in total. The average Bonchev–Trinajstić information content (AvgIpc) is 2.68. The van der Waals surface area contributed by atoms with Gasteiger partial charge in [-0.1, -0.05) is 18.7 Å². The lowest BCUT2D eigenvalue weighted by molar-refractivity contribution is -0.139. The van der Waals surface area contributed by atoms with Gasteiger partial charge in [0.05, 0.1) is 17.7 Å². The van der Waals surface area contributed by atoms with Crippen LogP contribution < -0.4 is 0 Å². The molecule has 1 aliphatic heterocycles. The van der Waals surface area contributed by atoms with Crippen molar-refractivity contribution >= 4 is 17.8 Å². The van der Waals surface area contributed by atoms with E-state index in [4.69, 9.17) is 4.74 Å². The van der Waals surface area contributed by atoms with Crippen LogP contribution in [0.3, 0.4) is 0 Å². The van der Waals surface area contributed by atoms with Gasteiger partial charge in [0.15, 0.2) is 0 Å². The van der Waals surface area contributed by atoms with Crippen LogP contribution in [0, 0.1) is 0 Å². The van der Waals surface area contributed by atoms with Gasteiger partial charge in [-0.2, -0.15) is 0 Å². The van der Waals surface area contributed by atoms with Crippen LogP contribution in [0.4, 0.5) is 0 Å². The molecular weight excluding hydrogens is 258 g/mol. The van der Waals surface area contributed by atoms with Gasteiger partial charge in [-0.25, -0.2) is 4.79 Å². The summed E-state index contributed by atoms with van der Waals surface area (Å²) in [6.45, 7) is 5.42. The summed E-state index contributed by atoms with van der Waals surface area (Å²) in [6, 6.07) is 6.72. The molecule has 1 heterocycles. The minimum absolute atomic E-state index is 0.152. The molecule has 1 aliphatic rings. The molecule has 20 heavy (non-hydrogen) atoms. The maximum absolute atomic E-state index is 12.0. The molecule has 2 rings (SSSR count). The molecule has 0 aromatic heterocycles. The second-order valence-electron chi connectivity index (χ2n) is 4.58. The van der Waals surface area contributed by atoms with Gasteiger partial charge < -0.3 is 4.74 Å². The fraction of sp³-hybridized carbons (Fsp3) is 0.267. The number of fused-ring (bicyclic) bond motifs is 1. The molecule has 2 amide bonds. The van der Waals surface area contributed by atoms with E-state index in [1.807, 2.05) is 0 Å². The normalized spacial score (nSPS) is 13.3. The Bertz CT molecular complexity index is 556. The summed E-state index contributed by atoms with van der Waals surface area (Å²) in [6.07, 6.45) is 0.407. The van der Waals surface area contributed by atoms with Crippen molar-refractivity contribution in [2.75, 3.05) is 13.2 Å².